The summed E-state index contributed by atoms with van der Waals surface area (Å²) in [5.41, 5.74) is 0.547. The van der Waals surface area contributed by atoms with Gasteiger partial charge in [0.1, 0.15) is 5.15 Å². The predicted molar refractivity (Wildman–Crippen MR) is 48.1 cm³/mol. The monoisotopic (exact) mass is 220 g/mol. The fourth-order valence-corrected chi connectivity index (χ4v) is 1.14. The third kappa shape index (κ3) is 2.08. The van der Waals surface area contributed by atoms with E-state index in [1.54, 1.807) is 6.92 Å². The number of ether oxygens (including phenoxy) is 1. The molecule has 0 atom stereocenters. The number of hydrogen-bond donors (Lipinski definition) is 0. The number of aromatic nitrogens is 2. The average Bonchev–Trinajstić information content (AvgIpc) is 2.10. The van der Waals surface area contributed by atoms with Crippen molar-refractivity contribution >= 4 is 29.2 Å². The van der Waals surface area contributed by atoms with Crippen molar-refractivity contribution in [3.63, 3.8) is 0 Å². The number of halogens is 2. The standard InChI is InChI=1S/C7H6Cl2N2O2/c1-3-4(6(12)13-2)10-7(9)11-5(3)8/h1-2H3. The molecule has 0 spiro atoms. The molecule has 0 saturated carbocycles. The Morgan fingerprint density at radius 1 is 1.38 bits per heavy atom. The van der Waals surface area contributed by atoms with Crippen molar-refractivity contribution in [3.05, 3.63) is 21.7 Å². The van der Waals surface area contributed by atoms with Crippen molar-refractivity contribution < 1.29 is 9.53 Å². The second-order valence-corrected chi connectivity index (χ2v) is 2.94. The van der Waals surface area contributed by atoms with Crippen molar-refractivity contribution in [3.8, 4) is 0 Å². The summed E-state index contributed by atoms with van der Waals surface area (Å²) in [6.07, 6.45) is 0. The van der Waals surface area contributed by atoms with Gasteiger partial charge in [0.15, 0.2) is 5.69 Å². The minimum Gasteiger partial charge on any atom is -0.464 e. The maximum Gasteiger partial charge on any atom is 0.357 e. The largest absolute Gasteiger partial charge is 0.464 e. The van der Waals surface area contributed by atoms with Gasteiger partial charge in [-0.25, -0.2) is 14.8 Å². The predicted octanol–water partition coefficient (Wildman–Crippen LogP) is 1.88. The molecule has 0 saturated heterocycles. The zero-order valence-electron chi connectivity index (χ0n) is 6.97. The van der Waals surface area contributed by atoms with Gasteiger partial charge in [0, 0.05) is 5.56 Å². The summed E-state index contributed by atoms with van der Waals surface area (Å²) >= 11 is 11.2. The van der Waals surface area contributed by atoms with E-state index in [9.17, 15) is 4.79 Å². The molecule has 0 radical (unpaired) electrons. The first kappa shape index (κ1) is 10.2. The molecule has 1 aromatic heterocycles. The highest BCUT2D eigenvalue weighted by Crippen LogP contribution is 2.17. The summed E-state index contributed by atoms with van der Waals surface area (Å²) in [5.74, 6) is -0.580. The van der Waals surface area contributed by atoms with Gasteiger partial charge in [0.25, 0.3) is 0 Å². The molecule has 0 fully saturated rings. The highest BCUT2D eigenvalue weighted by Gasteiger charge is 2.15. The number of hydrogen-bond acceptors (Lipinski definition) is 4. The first-order chi connectivity index (χ1) is 6.06. The third-order valence-corrected chi connectivity index (χ3v) is 1.97. The smallest absolute Gasteiger partial charge is 0.357 e. The Morgan fingerprint density at radius 2 is 2.00 bits per heavy atom. The molecule has 1 rings (SSSR count). The number of esters is 1. The molecule has 1 heterocycles. The van der Waals surface area contributed by atoms with Gasteiger partial charge in [-0.1, -0.05) is 11.6 Å². The number of methoxy groups -OCH3 is 1. The normalized spacial score (nSPS) is 9.85. The zero-order valence-corrected chi connectivity index (χ0v) is 8.48. The van der Waals surface area contributed by atoms with E-state index in [-0.39, 0.29) is 16.1 Å². The third-order valence-electron chi connectivity index (χ3n) is 1.44. The fraction of sp³-hybridized carbons (Fsp3) is 0.286. The van der Waals surface area contributed by atoms with E-state index < -0.39 is 5.97 Å². The Labute approximate surface area is 84.8 Å². The molecule has 0 aromatic carbocycles. The van der Waals surface area contributed by atoms with E-state index in [2.05, 4.69) is 14.7 Å². The highest BCUT2D eigenvalue weighted by molar-refractivity contribution is 6.32. The average molecular weight is 221 g/mol. The number of nitrogens with zero attached hydrogens (tertiary/aromatic N) is 2. The van der Waals surface area contributed by atoms with Crippen LogP contribution < -0.4 is 0 Å². The van der Waals surface area contributed by atoms with Crippen LogP contribution in [0.1, 0.15) is 16.1 Å². The summed E-state index contributed by atoms with van der Waals surface area (Å²) in [4.78, 5) is 18.5. The Kier molecular flexibility index (Phi) is 3.06. The van der Waals surface area contributed by atoms with Gasteiger partial charge < -0.3 is 4.74 Å². The van der Waals surface area contributed by atoms with E-state index in [1.165, 1.54) is 7.11 Å². The van der Waals surface area contributed by atoms with Gasteiger partial charge in [0.2, 0.25) is 5.28 Å². The fourth-order valence-electron chi connectivity index (χ4n) is 0.759. The second-order valence-electron chi connectivity index (χ2n) is 2.25. The molecule has 0 N–H and O–H groups in total. The molecule has 4 nitrogen and oxygen atoms in total. The summed E-state index contributed by atoms with van der Waals surface area (Å²) in [6.45, 7) is 1.62. The lowest BCUT2D eigenvalue weighted by Crippen LogP contribution is -2.08. The van der Waals surface area contributed by atoms with E-state index >= 15 is 0 Å². The van der Waals surface area contributed by atoms with Crippen LogP contribution in [-0.4, -0.2) is 23.0 Å². The Morgan fingerprint density at radius 3 is 2.54 bits per heavy atom. The Bertz CT molecular complexity index is 355. The van der Waals surface area contributed by atoms with Crippen molar-refractivity contribution in [2.45, 2.75) is 6.92 Å². The van der Waals surface area contributed by atoms with Crippen LogP contribution in [0.25, 0.3) is 0 Å². The van der Waals surface area contributed by atoms with Crippen LogP contribution in [0.5, 0.6) is 0 Å². The molecule has 0 unspecified atom stereocenters. The first-order valence-electron chi connectivity index (χ1n) is 3.34. The second kappa shape index (κ2) is 3.89. The number of carbonyl (C=O) groups is 1. The summed E-state index contributed by atoms with van der Waals surface area (Å²) in [7, 11) is 1.26. The molecule has 1 aromatic rings. The number of carbonyl (C=O) groups excluding carboxylic acids is 1. The molecule has 13 heavy (non-hydrogen) atoms. The van der Waals surface area contributed by atoms with Gasteiger partial charge in [-0.15, -0.1) is 0 Å². The summed E-state index contributed by atoms with van der Waals surface area (Å²) < 4.78 is 4.48. The lowest BCUT2D eigenvalue weighted by Gasteiger charge is -2.03. The quantitative estimate of drug-likeness (QED) is 0.412. The summed E-state index contributed by atoms with van der Waals surface area (Å²) in [5, 5.41) is 0.0800. The van der Waals surface area contributed by atoms with E-state index in [0.717, 1.165) is 0 Å². The minimum atomic E-state index is -0.580. The van der Waals surface area contributed by atoms with Crippen LogP contribution in [0, 0.1) is 6.92 Å². The zero-order chi connectivity index (χ0) is 10.0. The maximum absolute atomic E-state index is 11.1. The van der Waals surface area contributed by atoms with Crippen LogP contribution in [0.4, 0.5) is 0 Å². The topological polar surface area (TPSA) is 52.1 Å². The number of rotatable bonds is 1. The van der Waals surface area contributed by atoms with Gasteiger partial charge in [0.05, 0.1) is 7.11 Å². The van der Waals surface area contributed by atoms with Gasteiger partial charge in [-0.2, -0.15) is 0 Å². The van der Waals surface area contributed by atoms with E-state index in [1.807, 2.05) is 0 Å². The van der Waals surface area contributed by atoms with E-state index in [4.69, 9.17) is 23.2 Å². The molecule has 0 aliphatic carbocycles. The van der Waals surface area contributed by atoms with Crippen molar-refractivity contribution in [1.29, 1.82) is 0 Å². The molecule has 6 heteroatoms. The first-order valence-corrected chi connectivity index (χ1v) is 4.09. The summed E-state index contributed by atoms with van der Waals surface area (Å²) in [6, 6.07) is 0. The van der Waals surface area contributed by atoms with Crippen LogP contribution >= 0.6 is 23.2 Å². The minimum absolute atomic E-state index is 0.0731. The molecule has 0 aliphatic rings. The molecule has 70 valence electrons. The van der Waals surface area contributed by atoms with Crippen LogP contribution in [0.2, 0.25) is 10.4 Å². The van der Waals surface area contributed by atoms with E-state index in [0.29, 0.717) is 5.56 Å². The van der Waals surface area contributed by atoms with Crippen LogP contribution in [-0.2, 0) is 4.74 Å². The van der Waals surface area contributed by atoms with Crippen molar-refractivity contribution in [2.75, 3.05) is 7.11 Å². The van der Waals surface area contributed by atoms with Gasteiger partial charge in [-0.3, -0.25) is 0 Å². The van der Waals surface area contributed by atoms with Gasteiger partial charge >= 0.3 is 5.97 Å². The molecular weight excluding hydrogens is 215 g/mol. The lowest BCUT2D eigenvalue weighted by molar-refractivity contribution is 0.0593. The molecule has 0 bridgehead atoms. The van der Waals surface area contributed by atoms with Gasteiger partial charge in [-0.05, 0) is 18.5 Å². The maximum atomic E-state index is 11.1. The van der Waals surface area contributed by atoms with Crippen molar-refractivity contribution in [2.24, 2.45) is 0 Å². The van der Waals surface area contributed by atoms with Crippen molar-refractivity contribution in [1.82, 2.24) is 9.97 Å². The Hall–Kier alpha value is -0.870. The van der Waals surface area contributed by atoms with Crippen LogP contribution in [0.15, 0.2) is 0 Å². The Balaban J connectivity index is 3.28. The SMILES string of the molecule is COC(=O)c1nc(Cl)nc(Cl)c1C. The van der Waals surface area contributed by atoms with Crippen LogP contribution in [0.3, 0.4) is 0 Å². The molecule has 0 aliphatic heterocycles. The molecular formula is C7H6Cl2N2O2. The lowest BCUT2D eigenvalue weighted by atomic mass is 10.2. The molecule has 0 amide bonds. The highest BCUT2D eigenvalue weighted by atomic mass is 35.5.